The Hall–Kier alpha value is -0.760. The molecule has 1 fully saturated rings. The summed E-state index contributed by atoms with van der Waals surface area (Å²) >= 11 is 9.46. The summed E-state index contributed by atoms with van der Waals surface area (Å²) in [5, 5.41) is 0.536. The van der Waals surface area contributed by atoms with Gasteiger partial charge < -0.3 is 5.73 Å². The summed E-state index contributed by atoms with van der Waals surface area (Å²) in [7, 11) is 0. The van der Waals surface area contributed by atoms with Gasteiger partial charge >= 0.3 is 0 Å². The molecule has 1 aliphatic heterocycles. The van der Waals surface area contributed by atoms with E-state index in [-0.39, 0.29) is 0 Å². The molecule has 0 atom stereocenters. The average Bonchev–Trinajstić information content (AvgIpc) is 2.39. The summed E-state index contributed by atoms with van der Waals surface area (Å²) < 4.78 is 0.723. The first-order valence-corrected chi connectivity index (χ1v) is 7.16. The second kappa shape index (κ2) is 6.42. The molecule has 1 aliphatic rings. The Morgan fingerprint density at radius 3 is 2.83 bits per heavy atom. The Bertz CT molecular complexity index is 487. The maximum atomic E-state index is 6.14. The predicted octanol–water partition coefficient (Wildman–Crippen LogP) is 2.92. The summed E-state index contributed by atoms with van der Waals surface area (Å²) in [5.41, 5.74) is 6.39. The van der Waals surface area contributed by atoms with Crippen LogP contribution in [0.3, 0.4) is 0 Å². The van der Waals surface area contributed by atoms with Crippen LogP contribution in [0, 0.1) is 11.8 Å². The number of piperidine rings is 1. The van der Waals surface area contributed by atoms with Crippen LogP contribution in [0.15, 0.2) is 10.7 Å². The molecule has 0 aliphatic carbocycles. The van der Waals surface area contributed by atoms with E-state index < -0.39 is 0 Å². The van der Waals surface area contributed by atoms with Crippen molar-refractivity contribution in [2.45, 2.75) is 19.3 Å². The van der Waals surface area contributed by atoms with Gasteiger partial charge in [-0.25, -0.2) is 4.98 Å². The Morgan fingerprint density at radius 2 is 2.11 bits per heavy atom. The molecule has 0 bridgehead atoms. The van der Waals surface area contributed by atoms with Crippen molar-refractivity contribution in [3.05, 3.63) is 21.3 Å². The molecule has 2 N–H and O–H groups in total. The lowest BCUT2D eigenvalue weighted by atomic mass is 10.1. The summed E-state index contributed by atoms with van der Waals surface area (Å²) in [6.45, 7) is 3.03. The lowest BCUT2D eigenvalue weighted by molar-refractivity contribution is 0.255. The number of hydrogen-bond donors (Lipinski definition) is 1. The number of aromatic nitrogens is 1. The van der Waals surface area contributed by atoms with Crippen LogP contribution in [0.2, 0.25) is 5.02 Å². The normalized spacial score (nSPS) is 16.1. The lowest BCUT2D eigenvalue weighted by Crippen LogP contribution is -2.29. The zero-order valence-electron chi connectivity index (χ0n) is 10.0. The van der Waals surface area contributed by atoms with E-state index in [0.717, 1.165) is 24.1 Å². The quantitative estimate of drug-likeness (QED) is 0.806. The number of nitrogens with zero attached hydrogens (tertiary/aromatic N) is 2. The van der Waals surface area contributed by atoms with Gasteiger partial charge in [-0.2, -0.15) is 0 Å². The summed E-state index contributed by atoms with van der Waals surface area (Å²) in [6.07, 6.45) is 5.46. The highest BCUT2D eigenvalue weighted by Crippen LogP contribution is 2.27. The number of nitrogens with two attached hydrogens (primary N) is 1. The third-order valence-electron chi connectivity index (χ3n) is 2.97. The van der Waals surface area contributed by atoms with E-state index in [2.05, 4.69) is 37.7 Å². The second-order valence-corrected chi connectivity index (χ2v) is 5.55. The maximum absolute atomic E-state index is 6.14. The van der Waals surface area contributed by atoms with Crippen molar-refractivity contribution in [3.63, 3.8) is 0 Å². The third kappa shape index (κ3) is 3.38. The van der Waals surface area contributed by atoms with Crippen LogP contribution in [-0.4, -0.2) is 29.5 Å². The highest BCUT2D eigenvalue weighted by molar-refractivity contribution is 9.10. The largest absolute Gasteiger partial charge is 0.383 e. The lowest BCUT2D eigenvalue weighted by Gasteiger charge is -2.23. The number of nitrogen functional groups attached to an aromatic ring is 1. The molecule has 5 heteroatoms. The molecular formula is C13H15BrClN3. The molecule has 1 saturated heterocycles. The molecule has 1 aromatic heterocycles. The van der Waals surface area contributed by atoms with Crippen LogP contribution in [0.5, 0.6) is 0 Å². The van der Waals surface area contributed by atoms with Gasteiger partial charge in [0.25, 0.3) is 0 Å². The number of likely N-dealkylation sites (tertiary alicyclic amines) is 1. The van der Waals surface area contributed by atoms with Crippen LogP contribution < -0.4 is 5.73 Å². The van der Waals surface area contributed by atoms with E-state index in [1.54, 1.807) is 6.20 Å². The van der Waals surface area contributed by atoms with E-state index in [9.17, 15) is 0 Å². The minimum absolute atomic E-state index is 0.384. The Kier molecular flexibility index (Phi) is 4.87. The Balaban J connectivity index is 2.07. The van der Waals surface area contributed by atoms with Gasteiger partial charge in [-0.15, -0.1) is 0 Å². The van der Waals surface area contributed by atoms with Crippen molar-refractivity contribution < 1.29 is 0 Å². The molecule has 2 heterocycles. The zero-order chi connectivity index (χ0) is 13.0. The molecule has 3 nitrogen and oxygen atoms in total. The van der Waals surface area contributed by atoms with Gasteiger partial charge in [0, 0.05) is 6.20 Å². The molecule has 96 valence electrons. The van der Waals surface area contributed by atoms with Crippen molar-refractivity contribution in [3.8, 4) is 11.8 Å². The Morgan fingerprint density at radius 1 is 1.39 bits per heavy atom. The molecule has 1 aromatic rings. The van der Waals surface area contributed by atoms with Crippen LogP contribution >= 0.6 is 27.5 Å². The number of anilines is 1. The van der Waals surface area contributed by atoms with Crippen LogP contribution in [0.4, 0.5) is 5.82 Å². The van der Waals surface area contributed by atoms with Crippen molar-refractivity contribution in [2.75, 3.05) is 25.4 Å². The number of halogens is 2. The fraction of sp³-hybridized carbons (Fsp3) is 0.462. The van der Waals surface area contributed by atoms with Crippen molar-refractivity contribution >= 4 is 33.3 Å². The average molecular weight is 329 g/mol. The second-order valence-electron chi connectivity index (χ2n) is 4.32. The maximum Gasteiger partial charge on any atom is 0.140 e. The predicted molar refractivity (Wildman–Crippen MR) is 78.5 cm³/mol. The number of hydrogen-bond acceptors (Lipinski definition) is 3. The standard InChI is InChI=1S/C13H15BrClN3/c14-11-9-17-13(16)10(12(11)15)5-4-8-18-6-2-1-3-7-18/h9H,1-3,6-8H2,(H2,16,17). The van der Waals surface area contributed by atoms with Gasteiger partial charge in [0.15, 0.2) is 0 Å². The van der Waals surface area contributed by atoms with Crippen LogP contribution in [0.1, 0.15) is 24.8 Å². The van der Waals surface area contributed by atoms with Crippen LogP contribution in [-0.2, 0) is 0 Å². The molecule has 0 radical (unpaired) electrons. The van der Waals surface area contributed by atoms with E-state index >= 15 is 0 Å². The van der Waals surface area contributed by atoms with Gasteiger partial charge in [0.05, 0.1) is 21.6 Å². The molecule has 0 spiro atoms. The van der Waals surface area contributed by atoms with Gasteiger partial charge in [0.1, 0.15) is 5.82 Å². The summed E-state index contributed by atoms with van der Waals surface area (Å²) in [6, 6.07) is 0. The van der Waals surface area contributed by atoms with Gasteiger partial charge in [-0.05, 0) is 41.9 Å². The zero-order valence-corrected chi connectivity index (χ0v) is 12.4. The van der Waals surface area contributed by atoms with E-state index in [1.807, 2.05) is 0 Å². The highest BCUT2D eigenvalue weighted by Gasteiger charge is 2.09. The Labute approximate surface area is 121 Å². The van der Waals surface area contributed by atoms with Gasteiger partial charge in [-0.3, -0.25) is 4.90 Å². The minimum atomic E-state index is 0.384. The molecule has 0 unspecified atom stereocenters. The first-order chi connectivity index (χ1) is 8.68. The van der Waals surface area contributed by atoms with Crippen molar-refractivity contribution in [2.24, 2.45) is 0 Å². The number of rotatable bonds is 1. The number of pyridine rings is 1. The van der Waals surface area contributed by atoms with Gasteiger partial charge in [0.2, 0.25) is 0 Å². The fourth-order valence-corrected chi connectivity index (χ4v) is 2.45. The van der Waals surface area contributed by atoms with Crippen molar-refractivity contribution in [1.29, 1.82) is 0 Å². The smallest absolute Gasteiger partial charge is 0.140 e. The monoisotopic (exact) mass is 327 g/mol. The van der Waals surface area contributed by atoms with E-state index in [0.29, 0.717) is 16.4 Å². The first kappa shape index (κ1) is 13.7. The SMILES string of the molecule is Nc1ncc(Br)c(Cl)c1C#CCN1CCCCC1. The molecule has 0 amide bonds. The van der Waals surface area contributed by atoms with E-state index in [4.69, 9.17) is 17.3 Å². The first-order valence-electron chi connectivity index (χ1n) is 5.99. The topological polar surface area (TPSA) is 42.1 Å². The molecular weight excluding hydrogens is 314 g/mol. The molecule has 18 heavy (non-hydrogen) atoms. The molecule has 0 aromatic carbocycles. The summed E-state index contributed by atoms with van der Waals surface area (Å²) in [4.78, 5) is 6.39. The summed E-state index contributed by atoms with van der Waals surface area (Å²) in [5.74, 6) is 6.54. The molecule has 0 saturated carbocycles. The van der Waals surface area contributed by atoms with Crippen LogP contribution in [0.25, 0.3) is 0 Å². The third-order valence-corrected chi connectivity index (χ3v) is 4.19. The van der Waals surface area contributed by atoms with Gasteiger partial charge in [-0.1, -0.05) is 29.9 Å². The minimum Gasteiger partial charge on any atom is -0.383 e. The highest BCUT2D eigenvalue weighted by atomic mass is 79.9. The fourth-order valence-electron chi connectivity index (χ4n) is 1.96. The molecule has 2 rings (SSSR count). The van der Waals surface area contributed by atoms with E-state index in [1.165, 1.54) is 19.3 Å². The van der Waals surface area contributed by atoms with Crippen molar-refractivity contribution in [1.82, 2.24) is 9.88 Å².